The zero-order chi connectivity index (χ0) is 15.2. The van der Waals surface area contributed by atoms with E-state index in [-0.39, 0.29) is 6.42 Å². The van der Waals surface area contributed by atoms with E-state index in [9.17, 15) is 4.79 Å². The molecule has 0 amide bonds. The van der Waals surface area contributed by atoms with Crippen molar-refractivity contribution in [1.29, 1.82) is 0 Å². The standard InChI is InChI=1S/C12H15N7O2/c1-7-16-18-12(19-17-7)15-6-9-3-2-8(5-14-9)4-10(13)11(20)21/h2-3,5,10H,4,6,13H2,1H3,(H,20,21)(H,15,18,19)/t10-/m0/s1. The third-order valence-corrected chi connectivity index (χ3v) is 2.67. The van der Waals surface area contributed by atoms with Gasteiger partial charge in [0, 0.05) is 6.20 Å². The van der Waals surface area contributed by atoms with Crippen molar-refractivity contribution in [2.45, 2.75) is 25.9 Å². The first-order valence-corrected chi connectivity index (χ1v) is 6.24. The van der Waals surface area contributed by atoms with Crippen LogP contribution in [0.25, 0.3) is 0 Å². The predicted octanol–water partition coefficient (Wildman–Crippen LogP) is -0.463. The normalized spacial score (nSPS) is 11.9. The molecule has 2 heterocycles. The molecule has 0 unspecified atom stereocenters. The lowest BCUT2D eigenvalue weighted by molar-refractivity contribution is -0.138. The van der Waals surface area contributed by atoms with Crippen molar-refractivity contribution in [3.05, 3.63) is 35.4 Å². The fourth-order valence-electron chi connectivity index (χ4n) is 1.54. The van der Waals surface area contributed by atoms with E-state index >= 15 is 0 Å². The van der Waals surface area contributed by atoms with Gasteiger partial charge in [0.05, 0.1) is 12.2 Å². The van der Waals surface area contributed by atoms with Gasteiger partial charge in [0.1, 0.15) is 6.04 Å². The van der Waals surface area contributed by atoms with Gasteiger partial charge in [-0.2, -0.15) is 0 Å². The monoisotopic (exact) mass is 289 g/mol. The quantitative estimate of drug-likeness (QED) is 0.644. The van der Waals surface area contributed by atoms with Gasteiger partial charge in [0.15, 0.2) is 5.82 Å². The Morgan fingerprint density at radius 3 is 2.62 bits per heavy atom. The number of carbonyl (C=O) groups is 1. The van der Waals surface area contributed by atoms with E-state index in [0.717, 1.165) is 11.3 Å². The molecule has 2 aromatic rings. The van der Waals surface area contributed by atoms with Crippen molar-refractivity contribution in [3.8, 4) is 0 Å². The third kappa shape index (κ3) is 4.42. The molecule has 0 aliphatic heterocycles. The highest BCUT2D eigenvalue weighted by Crippen LogP contribution is 2.05. The van der Waals surface area contributed by atoms with Gasteiger partial charge in [-0.25, -0.2) is 0 Å². The van der Waals surface area contributed by atoms with Crippen LogP contribution in [0.1, 0.15) is 17.1 Å². The van der Waals surface area contributed by atoms with E-state index in [1.807, 2.05) is 0 Å². The van der Waals surface area contributed by atoms with E-state index in [1.165, 1.54) is 0 Å². The van der Waals surface area contributed by atoms with E-state index in [4.69, 9.17) is 10.8 Å². The smallest absolute Gasteiger partial charge is 0.320 e. The van der Waals surface area contributed by atoms with Crippen LogP contribution in [0.2, 0.25) is 0 Å². The third-order valence-electron chi connectivity index (χ3n) is 2.67. The van der Waals surface area contributed by atoms with Crippen LogP contribution in [0.4, 0.5) is 5.95 Å². The Bertz CT molecular complexity index is 600. The Labute approximate surface area is 120 Å². The number of nitrogens with zero attached hydrogens (tertiary/aromatic N) is 5. The first-order valence-electron chi connectivity index (χ1n) is 6.24. The molecule has 21 heavy (non-hydrogen) atoms. The summed E-state index contributed by atoms with van der Waals surface area (Å²) in [6.07, 6.45) is 1.84. The molecule has 0 bridgehead atoms. The molecule has 4 N–H and O–H groups in total. The summed E-state index contributed by atoms with van der Waals surface area (Å²) in [7, 11) is 0. The van der Waals surface area contributed by atoms with Crippen LogP contribution in [0.5, 0.6) is 0 Å². The minimum absolute atomic E-state index is 0.241. The Hall–Kier alpha value is -2.68. The Morgan fingerprint density at radius 1 is 1.33 bits per heavy atom. The molecule has 9 nitrogen and oxygen atoms in total. The van der Waals surface area contributed by atoms with Gasteiger partial charge in [-0.3, -0.25) is 9.78 Å². The second-order valence-electron chi connectivity index (χ2n) is 4.43. The zero-order valence-electron chi connectivity index (χ0n) is 11.4. The number of aryl methyl sites for hydroxylation is 1. The summed E-state index contributed by atoms with van der Waals surface area (Å²) < 4.78 is 0. The number of carboxylic acid groups (broad SMARTS) is 1. The van der Waals surface area contributed by atoms with Crippen molar-refractivity contribution < 1.29 is 9.90 Å². The summed E-state index contributed by atoms with van der Waals surface area (Å²) in [6, 6.07) is 2.65. The molecule has 0 aliphatic rings. The van der Waals surface area contributed by atoms with Gasteiger partial charge in [-0.05, 0) is 25.0 Å². The molecule has 1 atom stereocenters. The fraction of sp³-hybridized carbons (Fsp3) is 0.333. The summed E-state index contributed by atoms with van der Waals surface area (Å²) >= 11 is 0. The average Bonchev–Trinajstić information content (AvgIpc) is 2.48. The lowest BCUT2D eigenvalue weighted by Crippen LogP contribution is -2.32. The Kier molecular flexibility index (Phi) is 4.67. The van der Waals surface area contributed by atoms with Crippen molar-refractivity contribution >= 4 is 11.9 Å². The number of nitrogens with one attached hydrogen (secondary N) is 1. The largest absolute Gasteiger partial charge is 0.480 e. The molecule has 110 valence electrons. The number of carboxylic acids is 1. The van der Waals surface area contributed by atoms with Crippen molar-refractivity contribution in [1.82, 2.24) is 25.4 Å². The van der Waals surface area contributed by atoms with E-state index in [2.05, 4.69) is 30.7 Å². The number of nitrogens with two attached hydrogens (primary N) is 1. The molecule has 0 fully saturated rings. The lowest BCUT2D eigenvalue weighted by atomic mass is 10.1. The summed E-state index contributed by atoms with van der Waals surface area (Å²) in [5.41, 5.74) is 6.99. The van der Waals surface area contributed by atoms with Crippen LogP contribution in [0.15, 0.2) is 18.3 Å². The number of hydrogen-bond donors (Lipinski definition) is 3. The maximum Gasteiger partial charge on any atom is 0.320 e. The van der Waals surface area contributed by atoms with Crippen molar-refractivity contribution in [2.75, 3.05) is 5.32 Å². The van der Waals surface area contributed by atoms with Crippen LogP contribution in [-0.4, -0.2) is 42.5 Å². The van der Waals surface area contributed by atoms with Crippen LogP contribution < -0.4 is 11.1 Å². The van der Waals surface area contributed by atoms with Crippen molar-refractivity contribution in [3.63, 3.8) is 0 Å². The number of aliphatic carboxylic acids is 1. The lowest BCUT2D eigenvalue weighted by Gasteiger charge is -2.07. The number of anilines is 1. The minimum atomic E-state index is -1.03. The molecular formula is C12H15N7O2. The van der Waals surface area contributed by atoms with Gasteiger partial charge in [0.25, 0.3) is 5.95 Å². The molecule has 0 radical (unpaired) electrons. The first kappa shape index (κ1) is 14.7. The van der Waals surface area contributed by atoms with Crippen LogP contribution in [0.3, 0.4) is 0 Å². The van der Waals surface area contributed by atoms with Gasteiger partial charge in [-0.1, -0.05) is 6.07 Å². The van der Waals surface area contributed by atoms with Gasteiger partial charge in [-0.15, -0.1) is 20.4 Å². The van der Waals surface area contributed by atoms with Crippen LogP contribution in [0, 0.1) is 6.92 Å². The number of aromatic nitrogens is 5. The molecule has 0 spiro atoms. The highest BCUT2D eigenvalue weighted by molar-refractivity contribution is 5.73. The van der Waals surface area contributed by atoms with Gasteiger partial charge < -0.3 is 16.2 Å². The van der Waals surface area contributed by atoms with Crippen molar-refractivity contribution in [2.24, 2.45) is 5.73 Å². The van der Waals surface area contributed by atoms with Gasteiger partial charge >= 0.3 is 5.97 Å². The molecule has 2 rings (SSSR count). The second-order valence-corrected chi connectivity index (χ2v) is 4.43. The van der Waals surface area contributed by atoms with E-state index < -0.39 is 12.0 Å². The van der Waals surface area contributed by atoms with E-state index in [1.54, 1.807) is 25.3 Å². The summed E-state index contributed by atoms with van der Waals surface area (Å²) in [4.78, 5) is 14.9. The fourth-order valence-corrected chi connectivity index (χ4v) is 1.54. The van der Waals surface area contributed by atoms with Crippen LogP contribution in [-0.2, 0) is 17.8 Å². The minimum Gasteiger partial charge on any atom is -0.480 e. The molecule has 2 aromatic heterocycles. The Balaban J connectivity index is 1.90. The van der Waals surface area contributed by atoms with E-state index in [0.29, 0.717) is 18.3 Å². The predicted molar refractivity (Wildman–Crippen MR) is 73.2 cm³/mol. The summed E-state index contributed by atoms with van der Waals surface area (Å²) in [6.45, 7) is 2.11. The molecule has 0 saturated carbocycles. The zero-order valence-corrected chi connectivity index (χ0v) is 11.4. The molecular weight excluding hydrogens is 274 g/mol. The highest BCUT2D eigenvalue weighted by Gasteiger charge is 2.12. The van der Waals surface area contributed by atoms with Crippen LogP contribution >= 0.6 is 0 Å². The number of pyridine rings is 1. The topological polar surface area (TPSA) is 140 Å². The molecule has 0 saturated heterocycles. The SMILES string of the molecule is Cc1nnc(NCc2ccc(C[C@H](N)C(=O)O)cn2)nn1. The molecule has 9 heteroatoms. The maximum atomic E-state index is 10.7. The molecule has 0 aliphatic carbocycles. The highest BCUT2D eigenvalue weighted by atomic mass is 16.4. The second kappa shape index (κ2) is 6.66. The maximum absolute atomic E-state index is 10.7. The molecule has 0 aromatic carbocycles. The van der Waals surface area contributed by atoms with Gasteiger partial charge in [0.2, 0.25) is 0 Å². The summed E-state index contributed by atoms with van der Waals surface area (Å²) in [5, 5.41) is 26.9. The Morgan fingerprint density at radius 2 is 2.05 bits per heavy atom. The number of hydrogen-bond acceptors (Lipinski definition) is 8. The number of rotatable bonds is 6. The first-order chi connectivity index (χ1) is 10.0. The average molecular weight is 289 g/mol. The summed E-state index contributed by atoms with van der Waals surface area (Å²) in [5.74, 6) is -0.213.